The van der Waals surface area contributed by atoms with E-state index in [0.717, 1.165) is 30.6 Å². The van der Waals surface area contributed by atoms with E-state index >= 15 is 0 Å². The molecule has 1 fully saturated rings. The molecule has 1 N–H and O–H groups in total. The van der Waals surface area contributed by atoms with Crippen LogP contribution in [0.25, 0.3) is 0 Å². The van der Waals surface area contributed by atoms with Gasteiger partial charge < -0.3 is 10.0 Å². The van der Waals surface area contributed by atoms with E-state index in [9.17, 15) is 9.90 Å². The predicted molar refractivity (Wildman–Crippen MR) is 84.2 cm³/mol. The molecule has 1 atom stereocenters. The summed E-state index contributed by atoms with van der Waals surface area (Å²) in [5.41, 5.74) is 1.83. The van der Waals surface area contributed by atoms with Crippen LogP contribution in [0.1, 0.15) is 63.0 Å². The summed E-state index contributed by atoms with van der Waals surface area (Å²) in [6, 6.07) is 7.82. The fourth-order valence-corrected chi connectivity index (χ4v) is 3.74. The summed E-state index contributed by atoms with van der Waals surface area (Å²) in [6.45, 7) is 0.736. The van der Waals surface area contributed by atoms with Crippen LogP contribution in [-0.4, -0.2) is 17.6 Å². The zero-order chi connectivity index (χ0) is 14.7. The zero-order valence-electron chi connectivity index (χ0n) is 12.6. The monoisotopic (exact) mass is 287 g/mol. The van der Waals surface area contributed by atoms with Gasteiger partial charge in [0.2, 0.25) is 5.91 Å². The van der Waals surface area contributed by atoms with Crippen molar-refractivity contribution in [2.24, 2.45) is 5.92 Å². The number of aliphatic hydroxyl groups excluding tert-OH is 1. The lowest BCUT2D eigenvalue weighted by atomic mass is 9.86. The van der Waals surface area contributed by atoms with Crippen molar-refractivity contribution in [3.05, 3.63) is 29.8 Å². The van der Waals surface area contributed by atoms with Crippen LogP contribution < -0.4 is 4.90 Å². The number of aliphatic hydroxyl groups is 1. The number of carbonyl (C=O) groups is 1. The normalized spacial score (nSPS) is 23.5. The van der Waals surface area contributed by atoms with E-state index in [2.05, 4.69) is 0 Å². The molecular formula is C18H25NO2. The fraction of sp³-hybridized carbons (Fsp3) is 0.611. The molecule has 3 nitrogen and oxygen atoms in total. The first-order valence-corrected chi connectivity index (χ1v) is 8.33. The number of nitrogens with zero attached hydrogens (tertiary/aromatic N) is 1. The molecule has 1 aliphatic heterocycles. The van der Waals surface area contributed by atoms with Crippen LogP contribution >= 0.6 is 0 Å². The smallest absolute Gasteiger partial charge is 0.227 e. The van der Waals surface area contributed by atoms with Crippen molar-refractivity contribution in [1.29, 1.82) is 0 Å². The maximum absolute atomic E-state index is 12.7. The summed E-state index contributed by atoms with van der Waals surface area (Å²) in [5, 5.41) is 10.2. The highest BCUT2D eigenvalue weighted by atomic mass is 16.3. The molecule has 3 heteroatoms. The number of rotatable bonds is 2. The molecule has 1 unspecified atom stereocenters. The van der Waals surface area contributed by atoms with Gasteiger partial charge in [0.15, 0.2) is 0 Å². The summed E-state index contributed by atoms with van der Waals surface area (Å²) >= 11 is 0. The van der Waals surface area contributed by atoms with Gasteiger partial charge in [-0.2, -0.15) is 0 Å². The predicted octanol–water partition coefficient (Wildman–Crippen LogP) is 3.82. The van der Waals surface area contributed by atoms with Gasteiger partial charge in [0, 0.05) is 24.2 Å². The van der Waals surface area contributed by atoms with Gasteiger partial charge in [-0.1, -0.05) is 37.5 Å². The molecular weight excluding hydrogens is 262 g/mol. The molecule has 114 valence electrons. The zero-order valence-corrected chi connectivity index (χ0v) is 12.6. The lowest BCUT2D eigenvalue weighted by molar-refractivity contribution is -0.119. The topological polar surface area (TPSA) is 40.5 Å². The van der Waals surface area contributed by atoms with Crippen LogP contribution in [0.15, 0.2) is 24.3 Å². The summed E-state index contributed by atoms with van der Waals surface area (Å²) < 4.78 is 0. The Labute approximate surface area is 127 Å². The van der Waals surface area contributed by atoms with Gasteiger partial charge >= 0.3 is 0 Å². The van der Waals surface area contributed by atoms with Crippen molar-refractivity contribution in [2.75, 3.05) is 11.4 Å². The summed E-state index contributed by atoms with van der Waals surface area (Å²) in [4.78, 5) is 14.6. The Kier molecular flexibility index (Phi) is 4.59. The van der Waals surface area contributed by atoms with Crippen molar-refractivity contribution < 1.29 is 9.90 Å². The highest BCUT2D eigenvalue weighted by Crippen LogP contribution is 2.34. The summed E-state index contributed by atoms with van der Waals surface area (Å²) in [7, 11) is 0. The van der Waals surface area contributed by atoms with Crippen molar-refractivity contribution in [3.8, 4) is 0 Å². The minimum atomic E-state index is -0.436. The molecule has 2 aliphatic rings. The number of benzene rings is 1. The summed E-state index contributed by atoms with van der Waals surface area (Å²) in [6.07, 6.45) is 8.10. The molecule has 1 aliphatic carbocycles. The standard InChI is InChI=1S/C18H25NO2/c20-17-11-6-12-19(16-10-5-4-9-15(16)17)18(21)13-14-7-2-1-3-8-14/h4-5,9-10,14,17,20H,1-3,6-8,11-13H2. The van der Waals surface area contributed by atoms with Crippen molar-refractivity contribution in [2.45, 2.75) is 57.5 Å². The van der Waals surface area contributed by atoms with Crippen molar-refractivity contribution in [3.63, 3.8) is 0 Å². The average Bonchev–Trinajstić information content (AvgIpc) is 2.68. The average molecular weight is 287 g/mol. The van der Waals surface area contributed by atoms with Gasteiger partial charge in [-0.25, -0.2) is 0 Å². The highest BCUT2D eigenvalue weighted by molar-refractivity contribution is 5.94. The van der Waals surface area contributed by atoms with Gasteiger partial charge in [-0.05, 0) is 37.7 Å². The number of hydrogen-bond donors (Lipinski definition) is 1. The molecule has 1 saturated carbocycles. The second kappa shape index (κ2) is 6.61. The van der Waals surface area contributed by atoms with Gasteiger partial charge in [0.05, 0.1) is 6.10 Å². The largest absolute Gasteiger partial charge is 0.388 e. The van der Waals surface area contributed by atoms with Crippen molar-refractivity contribution >= 4 is 11.6 Å². The van der Waals surface area contributed by atoms with E-state index in [-0.39, 0.29) is 5.91 Å². The lowest BCUT2D eigenvalue weighted by Crippen LogP contribution is -2.33. The first-order chi connectivity index (χ1) is 10.3. The third-order valence-electron chi connectivity index (χ3n) is 4.93. The van der Waals surface area contributed by atoms with E-state index in [0.29, 0.717) is 12.3 Å². The molecule has 0 bridgehead atoms. The van der Waals surface area contributed by atoms with E-state index < -0.39 is 6.10 Å². The minimum absolute atomic E-state index is 0.239. The van der Waals surface area contributed by atoms with E-state index in [1.807, 2.05) is 29.2 Å². The molecule has 3 rings (SSSR count). The fourth-order valence-electron chi connectivity index (χ4n) is 3.74. The molecule has 1 aromatic carbocycles. The first kappa shape index (κ1) is 14.6. The number of fused-ring (bicyclic) bond motifs is 1. The number of carbonyl (C=O) groups excluding carboxylic acids is 1. The minimum Gasteiger partial charge on any atom is -0.388 e. The molecule has 1 heterocycles. The Morgan fingerprint density at radius 2 is 1.86 bits per heavy atom. The third kappa shape index (κ3) is 3.29. The second-order valence-corrected chi connectivity index (χ2v) is 6.47. The van der Waals surface area contributed by atoms with E-state index in [1.165, 1.54) is 32.1 Å². The molecule has 1 amide bonds. The molecule has 0 radical (unpaired) electrons. The summed E-state index contributed by atoms with van der Waals surface area (Å²) in [5.74, 6) is 0.801. The Hall–Kier alpha value is -1.35. The van der Waals surface area contributed by atoms with Crippen LogP contribution in [0.5, 0.6) is 0 Å². The van der Waals surface area contributed by atoms with Crippen LogP contribution in [-0.2, 0) is 4.79 Å². The Balaban J connectivity index is 1.77. The number of para-hydroxylation sites is 1. The third-order valence-corrected chi connectivity index (χ3v) is 4.93. The first-order valence-electron chi connectivity index (χ1n) is 8.33. The molecule has 21 heavy (non-hydrogen) atoms. The Morgan fingerprint density at radius 1 is 1.10 bits per heavy atom. The van der Waals surface area contributed by atoms with Gasteiger partial charge in [0.25, 0.3) is 0 Å². The molecule has 0 saturated heterocycles. The van der Waals surface area contributed by atoms with Crippen molar-refractivity contribution in [1.82, 2.24) is 0 Å². The van der Waals surface area contributed by atoms with Gasteiger partial charge in [-0.3, -0.25) is 4.79 Å². The molecule has 0 spiro atoms. The Morgan fingerprint density at radius 3 is 2.67 bits per heavy atom. The molecule has 0 aromatic heterocycles. The van der Waals surface area contributed by atoms with Crippen LogP contribution in [0.2, 0.25) is 0 Å². The van der Waals surface area contributed by atoms with Crippen LogP contribution in [0.3, 0.4) is 0 Å². The van der Waals surface area contributed by atoms with Crippen LogP contribution in [0, 0.1) is 5.92 Å². The van der Waals surface area contributed by atoms with Gasteiger partial charge in [0.1, 0.15) is 0 Å². The molecule has 1 aromatic rings. The maximum Gasteiger partial charge on any atom is 0.227 e. The number of amides is 1. The maximum atomic E-state index is 12.7. The quantitative estimate of drug-likeness (QED) is 0.898. The van der Waals surface area contributed by atoms with Gasteiger partial charge in [-0.15, -0.1) is 0 Å². The SMILES string of the molecule is O=C(CC1CCCCC1)N1CCCC(O)c2ccccc21. The van der Waals surface area contributed by atoms with Crippen LogP contribution in [0.4, 0.5) is 5.69 Å². The second-order valence-electron chi connectivity index (χ2n) is 6.47. The highest BCUT2D eigenvalue weighted by Gasteiger charge is 2.27. The lowest BCUT2D eigenvalue weighted by Gasteiger charge is -2.27. The Bertz CT molecular complexity index is 494. The number of anilines is 1. The number of hydrogen-bond acceptors (Lipinski definition) is 2. The van der Waals surface area contributed by atoms with E-state index in [1.54, 1.807) is 0 Å². The van der Waals surface area contributed by atoms with E-state index in [4.69, 9.17) is 0 Å².